The Morgan fingerprint density at radius 3 is 2.65 bits per heavy atom. The molecule has 0 aromatic heterocycles. The van der Waals surface area contributed by atoms with Crippen molar-refractivity contribution in [2.75, 3.05) is 37.9 Å². The first kappa shape index (κ1) is 16.7. The fourth-order valence-corrected chi connectivity index (χ4v) is 2.50. The summed E-state index contributed by atoms with van der Waals surface area (Å²) in [6.45, 7) is 4.31. The molecular weight excluding hydrogens is 278 g/mol. The van der Waals surface area contributed by atoms with E-state index in [0.717, 1.165) is 31.7 Å². The van der Waals surface area contributed by atoms with E-state index in [0.29, 0.717) is 6.61 Å². The molecule has 0 fully saturated rings. The van der Waals surface area contributed by atoms with Gasteiger partial charge in [0.1, 0.15) is 4.90 Å². The summed E-state index contributed by atoms with van der Waals surface area (Å²) in [7, 11) is -2.15. The summed E-state index contributed by atoms with van der Waals surface area (Å²) in [5.41, 5.74) is 6.80. The molecule has 0 amide bonds. The first-order chi connectivity index (χ1) is 9.51. The number of benzene rings is 1. The Labute approximate surface area is 120 Å². The molecule has 0 aliphatic heterocycles. The fourth-order valence-electron chi connectivity index (χ4n) is 1.67. The van der Waals surface area contributed by atoms with Crippen molar-refractivity contribution >= 4 is 21.4 Å². The molecule has 0 unspecified atom stereocenters. The van der Waals surface area contributed by atoms with E-state index in [4.69, 9.17) is 10.5 Å². The minimum atomic E-state index is -3.50. The van der Waals surface area contributed by atoms with Crippen molar-refractivity contribution in [1.29, 1.82) is 0 Å². The van der Waals surface area contributed by atoms with Crippen LogP contribution in [0.3, 0.4) is 0 Å². The van der Waals surface area contributed by atoms with Crippen LogP contribution in [-0.4, -0.2) is 35.2 Å². The van der Waals surface area contributed by atoms with Crippen LogP contribution in [0.25, 0.3) is 0 Å². The molecule has 0 saturated heterocycles. The summed E-state index contributed by atoms with van der Waals surface area (Å²) in [4.78, 5) is 0.0943. The molecule has 0 atom stereocenters. The van der Waals surface area contributed by atoms with Crippen LogP contribution in [0.4, 0.5) is 11.4 Å². The average molecular weight is 301 g/mol. The Morgan fingerprint density at radius 1 is 1.30 bits per heavy atom. The quantitative estimate of drug-likeness (QED) is 0.473. The number of ether oxygens (including phenoxy) is 1. The van der Waals surface area contributed by atoms with E-state index in [1.54, 1.807) is 12.1 Å². The zero-order valence-corrected chi connectivity index (χ0v) is 12.8. The molecule has 114 valence electrons. The fraction of sp³-hybridized carbons (Fsp3) is 0.538. The SMILES string of the molecule is CCCOCCCNc1ccc(S(=O)(=O)NC)c(N)c1. The average Bonchev–Trinajstić information content (AvgIpc) is 2.42. The van der Waals surface area contributed by atoms with E-state index >= 15 is 0 Å². The van der Waals surface area contributed by atoms with Gasteiger partial charge in [0.15, 0.2) is 0 Å². The van der Waals surface area contributed by atoms with Gasteiger partial charge in [-0.1, -0.05) is 6.92 Å². The maximum atomic E-state index is 11.7. The maximum absolute atomic E-state index is 11.7. The summed E-state index contributed by atoms with van der Waals surface area (Å²) in [6, 6.07) is 4.82. The van der Waals surface area contributed by atoms with Gasteiger partial charge in [-0.05, 0) is 38.1 Å². The third-order valence-electron chi connectivity index (χ3n) is 2.71. The minimum absolute atomic E-state index is 0.0943. The standard InChI is InChI=1S/C13H23N3O3S/c1-3-8-19-9-4-7-16-11-5-6-13(12(14)10-11)20(17,18)15-2/h5-6,10,15-16H,3-4,7-9,14H2,1-2H3. The second-order valence-corrected chi connectivity index (χ2v) is 6.21. The summed E-state index contributed by atoms with van der Waals surface area (Å²) in [5, 5.41) is 3.18. The number of hydrogen-bond acceptors (Lipinski definition) is 5. The van der Waals surface area contributed by atoms with Gasteiger partial charge in [0.2, 0.25) is 10.0 Å². The highest BCUT2D eigenvalue weighted by molar-refractivity contribution is 7.89. The van der Waals surface area contributed by atoms with Gasteiger partial charge < -0.3 is 15.8 Å². The highest BCUT2D eigenvalue weighted by Gasteiger charge is 2.14. The molecule has 0 heterocycles. The number of sulfonamides is 1. The molecule has 20 heavy (non-hydrogen) atoms. The van der Waals surface area contributed by atoms with E-state index in [-0.39, 0.29) is 10.6 Å². The van der Waals surface area contributed by atoms with Gasteiger partial charge in [-0.3, -0.25) is 0 Å². The monoisotopic (exact) mass is 301 g/mol. The second-order valence-electron chi connectivity index (χ2n) is 4.35. The zero-order valence-electron chi connectivity index (χ0n) is 12.0. The van der Waals surface area contributed by atoms with Gasteiger partial charge in [-0.2, -0.15) is 0 Å². The largest absolute Gasteiger partial charge is 0.398 e. The highest BCUT2D eigenvalue weighted by Crippen LogP contribution is 2.22. The van der Waals surface area contributed by atoms with Crippen LogP contribution in [-0.2, 0) is 14.8 Å². The lowest BCUT2D eigenvalue weighted by Crippen LogP contribution is -2.20. The highest BCUT2D eigenvalue weighted by atomic mass is 32.2. The first-order valence-corrected chi connectivity index (χ1v) is 8.14. The van der Waals surface area contributed by atoms with Crippen molar-refractivity contribution in [3.63, 3.8) is 0 Å². The third-order valence-corrected chi connectivity index (χ3v) is 4.20. The van der Waals surface area contributed by atoms with Crippen LogP contribution in [0.5, 0.6) is 0 Å². The molecule has 1 aromatic rings. The van der Waals surface area contributed by atoms with E-state index in [1.165, 1.54) is 13.1 Å². The zero-order chi connectivity index (χ0) is 15.0. The Bertz CT molecular complexity index is 518. The summed E-state index contributed by atoms with van der Waals surface area (Å²) in [5.74, 6) is 0. The molecule has 6 nitrogen and oxygen atoms in total. The number of rotatable bonds is 9. The Kier molecular flexibility index (Phi) is 6.77. The smallest absolute Gasteiger partial charge is 0.242 e. The molecule has 0 aliphatic rings. The Balaban J connectivity index is 2.52. The number of nitrogen functional groups attached to an aromatic ring is 1. The normalized spacial score (nSPS) is 11.5. The van der Waals surface area contributed by atoms with Gasteiger partial charge >= 0.3 is 0 Å². The van der Waals surface area contributed by atoms with Crippen molar-refractivity contribution in [3.8, 4) is 0 Å². The van der Waals surface area contributed by atoms with Gasteiger partial charge in [0, 0.05) is 25.4 Å². The second kappa shape index (κ2) is 8.08. The Morgan fingerprint density at radius 2 is 2.05 bits per heavy atom. The summed E-state index contributed by atoms with van der Waals surface area (Å²) < 4.78 is 30.9. The minimum Gasteiger partial charge on any atom is -0.398 e. The number of nitrogens with two attached hydrogens (primary N) is 1. The van der Waals surface area contributed by atoms with Gasteiger partial charge in [0.25, 0.3) is 0 Å². The number of nitrogens with one attached hydrogen (secondary N) is 2. The molecule has 0 saturated carbocycles. The van der Waals surface area contributed by atoms with Gasteiger partial charge in [0.05, 0.1) is 5.69 Å². The van der Waals surface area contributed by atoms with Crippen LogP contribution in [0.1, 0.15) is 19.8 Å². The lowest BCUT2D eigenvalue weighted by molar-refractivity contribution is 0.134. The summed E-state index contributed by atoms with van der Waals surface area (Å²) in [6.07, 6.45) is 1.90. The first-order valence-electron chi connectivity index (χ1n) is 6.66. The molecule has 1 aromatic carbocycles. The van der Waals surface area contributed by atoms with E-state index in [9.17, 15) is 8.42 Å². The molecular formula is C13H23N3O3S. The number of hydrogen-bond donors (Lipinski definition) is 3. The molecule has 7 heteroatoms. The Hall–Kier alpha value is -1.31. The van der Waals surface area contributed by atoms with Gasteiger partial charge in [-0.25, -0.2) is 13.1 Å². The van der Waals surface area contributed by atoms with Crippen molar-refractivity contribution < 1.29 is 13.2 Å². The van der Waals surface area contributed by atoms with Crippen LogP contribution in [0, 0.1) is 0 Å². The van der Waals surface area contributed by atoms with Gasteiger partial charge in [-0.15, -0.1) is 0 Å². The molecule has 4 N–H and O–H groups in total. The summed E-state index contributed by atoms with van der Waals surface area (Å²) >= 11 is 0. The van der Waals surface area contributed by atoms with E-state index in [2.05, 4.69) is 17.0 Å². The van der Waals surface area contributed by atoms with E-state index < -0.39 is 10.0 Å². The van der Waals surface area contributed by atoms with Crippen molar-refractivity contribution in [3.05, 3.63) is 18.2 Å². The van der Waals surface area contributed by atoms with Crippen molar-refractivity contribution in [2.45, 2.75) is 24.7 Å². The van der Waals surface area contributed by atoms with E-state index in [1.807, 2.05) is 0 Å². The molecule has 0 aliphatic carbocycles. The molecule has 0 radical (unpaired) electrons. The predicted octanol–water partition coefficient (Wildman–Crippen LogP) is 1.41. The maximum Gasteiger partial charge on any atom is 0.242 e. The molecule has 0 spiro atoms. The number of anilines is 2. The van der Waals surface area contributed by atoms with Crippen LogP contribution in [0.15, 0.2) is 23.1 Å². The van der Waals surface area contributed by atoms with Crippen molar-refractivity contribution in [1.82, 2.24) is 4.72 Å². The van der Waals surface area contributed by atoms with Crippen LogP contribution < -0.4 is 15.8 Å². The van der Waals surface area contributed by atoms with Crippen LogP contribution >= 0.6 is 0 Å². The third kappa shape index (κ3) is 4.99. The predicted molar refractivity (Wildman–Crippen MR) is 81.3 cm³/mol. The van der Waals surface area contributed by atoms with Crippen molar-refractivity contribution in [2.24, 2.45) is 0 Å². The van der Waals surface area contributed by atoms with Crippen LogP contribution in [0.2, 0.25) is 0 Å². The lowest BCUT2D eigenvalue weighted by atomic mass is 10.2. The lowest BCUT2D eigenvalue weighted by Gasteiger charge is -2.10. The topological polar surface area (TPSA) is 93.4 Å². The molecule has 0 bridgehead atoms. The molecule has 1 rings (SSSR count).